The number of nitrogens with zero attached hydrogens (tertiary/aromatic N) is 1. The minimum atomic E-state index is 0.869. The van der Waals surface area contributed by atoms with Crippen LogP contribution in [-0.2, 0) is 0 Å². The molecule has 0 radical (unpaired) electrons. The Morgan fingerprint density at radius 3 is 2.44 bits per heavy atom. The molecule has 0 bridgehead atoms. The van der Waals surface area contributed by atoms with Gasteiger partial charge in [0.1, 0.15) is 0 Å². The van der Waals surface area contributed by atoms with Crippen LogP contribution in [0, 0.1) is 0 Å². The van der Waals surface area contributed by atoms with Gasteiger partial charge in [0.2, 0.25) is 0 Å². The normalized spacial score (nSPS) is 10.7. The summed E-state index contributed by atoms with van der Waals surface area (Å²) in [5.41, 5.74) is 0. The Bertz CT molecular complexity index is 59.0. The van der Waals surface area contributed by atoms with E-state index in [2.05, 4.69) is 19.0 Å². The zero-order valence-corrected chi connectivity index (χ0v) is 6.95. The molecule has 0 spiro atoms. The minimum absolute atomic E-state index is 0.869. The first kappa shape index (κ1) is 9.27. The minimum Gasteiger partial charge on any atom is -0.330 e. The van der Waals surface area contributed by atoms with E-state index in [0.29, 0.717) is 0 Å². The van der Waals surface area contributed by atoms with Crippen molar-refractivity contribution in [1.82, 2.24) is 4.90 Å². The maximum atomic E-state index is 8.33. The summed E-state index contributed by atoms with van der Waals surface area (Å²) < 4.78 is 8.33. The van der Waals surface area contributed by atoms with Crippen molar-refractivity contribution in [3.8, 4) is 0 Å². The average Bonchev–Trinajstić information content (AvgIpc) is 1.80. The zero-order valence-electron chi connectivity index (χ0n) is 6.13. The van der Waals surface area contributed by atoms with Gasteiger partial charge in [0.15, 0.2) is 0 Å². The second-order valence-electron chi connectivity index (χ2n) is 2.34. The summed E-state index contributed by atoms with van der Waals surface area (Å²) in [6.07, 6.45) is 2.29. The van der Waals surface area contributed by atoms with Crippen LogP contribution in [0.15, 0.2) is 0 Å². The Kier molecular flexibility index (Phi) is 6.58. The van der Waals surface area contributed by atoms with Crippen LogP contribution in [0.4, 0.5) is 0 Å². The highest BCUT2D eigenvalue weighted by Crippen LogP contribution is 1.98. The Morgan fingerprint density at radius 1 is 1.33 bits per heavy atom. The molecule has 0 atom stereocenters. The molecule has 0 heterocycles. The third-order valence-corrected chi connectivity index (χ3v) is 1.56. The molecule has 9 heavy (non-hydrogen) atoms. The topological polar surface area (TPSA) is 23.5 Å². The molecule has 0 unspecified atom stereocenters. The number of hydrogen-bond acceptors (Lipinski definition) is 3. The number of rotatable bonds is 5. The molecule has 0 aliphatic carbocycles. The molecule has 56 valence electrons. The van der Waals surface area contributed by atoms with Crippen molar-refractivity contribution in [2.75, 3.05) is 26.4 Å². The Hall–Kier alpha value is 0.270. The monoisotopic (exact) mass is 149 g/mol. The van der Waals surface area contributed by atoms with Crippen molar-refractivity contribution in [3.63, 3.8) is 0 Å². The van der Waals surface area contributed by atoms with E-state index in [0.717, 1.165) is 30.8 Å². The molecule has 0 rings (SSSR count). The predicted molar refractivity (Wildman–Crippen MR) is 42.9 cm³/mol. The number of hydrogen-bond donors (Lipinski definition) is 1. The maximum absolute atomic E-state index is 8.33. The molecule has 3 heteroatoms. The van der Waals surface area contributed by atoms with Crippen LogP contribution >= 0.6 is 12.0 Å². The maximum Gasteiger partial charge on any atom is 0.0195 e. The lowest BCUT2D eigenvalue weighted by molar-refractivity contribution is 0.398. The first-order valence-electron chi connectivity index (χ1n) is 3.18. The highest BCUT2D eigenvalue weighted by Gasteiger charge is 1.89. The fraction of sp³-hybridized carbons (Fsp3) is 1.00. The third kappa shape index (κ3) is 8.27. The highest BCUT2D eigenvalue weighted by molar-refractivity contribution is 7.93. The van der Waals surface area contributed by atoms with Crippen LogP contribution in [-0.4, -0.2) is 35.8 Å². The molecular formula is C6H15NOS. The van der Waals surface area contributed by atoms with Gasteiger partial charge in [0.05, 0.1) is 0 Å². The van der Waals surface area contributed by atoms with E-state index in [1.807, 2.05) is 0 Å². The highest BCUT2D eigenvalue weighted by atomic mass is 32.2. The lowest BCUT2D eigenvalue weighted by atomic mass is 10.3. The molecule has 1 N–H and O–H groups in total. The quantitative estimate of drug-likeness (QED) is 0.474. The first-order chi connectivity index (χ1) is 4.27. The summed E-state index contributed by atoms with van der Waals surface area (Å²) in [6, 6.07) is 0. The summed E-state index contributed by atoms with van der Waals surface area (Å²) in [5, 5.41) is 0. The van der Waals surface area contributed by atoms with Gasteiger partial charge in [0.25, 0.3) is 0 Å². The van der Waals surface area contributed by atoms with Crippen LogP contribution in [0.3, 0.4) is 0 Å². The van der Waals surface area contributed by atoms with Crippen LogP contribution in [0.1, 0.15) is 12.8 Å². The van der Waals surface area contributed by atoms with Crippen molar-refractivity contribution in [2.24, 2.45) is 0 Å². The summed E-state index contributed by atoms with van der Waals surface area (Å²) in [5.74, 6) is 0.869. The molecule has 0 aromatic heterocycles. The Balaban J connectivity index is 2.75. The molecular weight excluding hydrogens is 134 g/mol. The van der Waals surface area contributed by atoms with Gasteiger partial charge in [-0.2, -0.15) is 0 Å². The lowest BCUT2D eigenvalue weighted by Crippen LogP contribution is -2.12. The summed E-state index contributed by atoms with van der Waals surface area (Å²) >= 11 is 0.935. The van der Waals surface area contributed by atoms with E-state index in [9.17, 15) is 0 Å². The van der Waals surface area contributed by atoms with Crippen molar-refractivity contribution in [2.45, 2.75) is 12.8 Å². The van der Waals surface area contributed by atoms with Gasteiger partial charge in [-0.1, -0.05) is 0 Å². The van der Waals surface area contributed by atoms with Crippen molar-refractivity contribution < 1.29 is 4.55 Å². The van der Waals surface area contributed by atoms with E-state index >= 15 is 0 Å². The van der Waals surface area contributed by atoms with Gasteiger partial charge < -0.3 is 9.45 Å². The van der Waals surface area contributed by atoms with E-state index in [1.54, 1.807) is 0 Å². The predicted octanol–water partition coefficient (Wildman–Crippen LogP) is 1.53. The molecule has 0 aromatic carbocycles. The molecule has 0 aliphatic rings. The van der Waals surface area contributed by atoms with Gasteiger partial charge >= 0.3 is 0 Å². The Morgan fingerprint density at radius 2 is 2.00 bits per heavy atom. The lowest BCUT2D eigenvalue weighted by Gasteiger charge is -2.07. The first-order valence-corrected chi connectivity index (χ1v) is 4.12. The van der Waals surface area contributed by atoms with Gasteiger partial charge in [0, 0.05) is 5.75 Å². The average molecular weight is 149 g/mol. The van der Waals surface area contributed by atoms with E-state index < -0.39 is 0 Å². The van der Waals surface area contributed by atoms with Gasteiger partial charge in [-0.25, -0.2) is 0 Å². The fourth-order valence-electron chi connectivity index (χ4n) is 0.595. The van der Waals surface area contributed by atoms with Crippen molar-refractivity contribution in [1.29, 1.82) is 0 Å². The molecule has 0 aliphatic heterocycles. The SMILES string of the molecule is CN(C)CCCCSO. The van der Waals surface area contributed by atoms with Gasteiger partial charge in [-0.15, -0.1) is 0 Å². The molecule has 0 aromatic rings. The summed E-state index contributed by atoms with van der Waals surface area (Å²) in [7, 11) is 4.12. The molecule has 0 fully saturated rings. The molecule has 2 nitrogen and oxygen atoms in total. The second kappa shape index (κ2) is 6.39. The fourth-order valence-corrected chi connectivity index (χ4v) is 0.928. The van der Waals surface area contributed by atoms with Crippen LogP contribution in [0.25, 0.3) is 0 Å². The smallest absolute Gasteiger partial charge is 0.0195 e. The molecule has 0 saturated heterocycles. The van der Waals surface area contributed by atoms with Gasteiger partial charge in [-0.05, 0) is 45.5 Å². The summed E-state index contributed by atoms with van der Waals surface area (Å²) in [4.78, 5) is 2.15. The largest absolute Gasteiger partial charge is 0.330 e. The molecule has 0 saturated carbocycles. The standard InChI is InChI=1S/C6H15NOS/c1-7(2)5-3-4-6-9-8/h8H,3-6H2,1-2H3. The summed E-state index contributed by atoms with van der Waals surface area (Å²) in [6.45, 7) is 1.13. The molecule has 0 amide bonds. The van der Waals surface area contributed by atoms with Crippen LogP contribution in [0.5, 0.6) is 0 Å². The van der Waals surface area contributed by atoms with E-state index in [1.165, 1.54) is 6.42 Å². The zero-order chi connectivity index (χ0) is 7.11. The van der Waals surface area contributed by atoms with E-state index in [-0.39, 0.29) is 0 Å². The second-order valence-corrected chi connectivity index (χ2v) is 3.01. The van der Waals surface area contributed by atoms with E-state index in [4.69, 9.17) is 4.55 Å². The number of unbranched alkanes of at least 4 members (excludes halogenated alkanes) is 1. The van der Waals surface area contributed by atoms with Crippen molar-refractivity contribution >= 4 is 12.0 Å². The third-order valence-electron chi connectivity index (χ3n) is 1.09. The van der Waals surface area contributed by atoms with Crippen molar-refractivity contribution in [3.05, 3.63) is 0 Å². The Labute approximate surface area is 61.5 Å². The van der Waals surface area contributed by atoms with Gasteiger partial charge in [-0.3, -0.25) is 0 Å². The van der Waals surface area contributed by atoms with Crippen LogP contribution < -0.4 is 0 Å². The van der Waals surface area contributed by atoms with Crippen LogP contribution in [0.2, 0.25) is 0 Å².